The normalized spacial score (nSPS) is 40.5. The van der Waals surface area contributed by atoms with E-state index in [0.29, 0.717) is 13.1 Å². The van der Waals surface area contributed by atoms with Crippen molar-refractivity contribution in [3.05, 3.63) is 0 Å². The number of rotatable bonds is 0. The lowest BCUT2D eigenvalue weighted by atomic mass is 9.86. The predicted octanol–water partition coefficient (Wildman–Crippen LogP) is 0.737. The van der Waals surface area contributed by atoms with Crippen LogP contribution in [0.15, 0.2) is 0 Å². The Labute approximate surface area is 70.7 Å². The third-order valence-corrected chi connectivity index (χ3v) is 2.83. The SMILES string of the molecule is FC1(F)CCNC2(CCNC2)C1. The van der Waals surface area contributed by atoms with Gasteiger partial charge in [0.15, 0.2) is 0 Å². The highest BCUT2D eigenvalue weighted by atomic mass is 19.3. The maximum Gasteiger partial charge on any atom is 0.251 e. The first-order chi connectivity index (χ1) is 5.62. The predicted molar refractivity (Wildman–Crippen MR) is 42.4 cm³/mol. The summed E-state index contributed by atoms with van der Waals surface area (Å²) in [6.07, 6.45) is 0.838. The molecule has 0 amide bonds. The Bertz CT molecular complexity index is 176. The molecule has 0 radical (unpaired) electrons. The van der Waals surface area contributed by atoms with E-state index in [1.54, 1.807) is 0 Å². The number of hydrogen-bond acceptors (Lipinski definition) is 2. The first-order valence-electron chi connectivity index (χ1n) is 4.46. The highest BCUT2D eigenvalue weighted by Crippen LogP contribution is 2.35. The van der Waals surface area contributed by atoms with E-state index in [1.807, 2.05) is 0 Å². The summed E-state index contributed by atoms with van der Waals surface area (Å²) in [6, 6.07) is 0. The summed E-state index contributed by atoms with van der Waals surface area (Å²) in [5.41, 5.74) is -0.304. The van der Waals surface area contributed by atoms with E-state index in [1.165, 1.54) is 0 Å². The van der Waals surface area contributed by atoms with Crippen LogP contribution in [0.4, 0.5) is 8.78 Å². The van der Waals surface area contributed by atoms with E-state index in [9.17, 15) is 8.78 Å². The van der Waals surface area contributed by atoms with E-state index in [-0.39, 0.29) is 18.4 Å². The standard InChI is InChI=1S/C8H14F2N2/c9-8(10)2-4-12-7(5-8)1-3-11-6-7/h11-12H,1-6H2. The average molecular weight is 176 g/mol. The van der Waals surface area contributed by atoms with Gasteiger partial charge in [0.05, 0.1) is 0 Å². The Morgan fingerprint density at radius 2 is 1.92 bits per heavy atom. The summed E-state index contributed by atoms with van der Waals surface area (Å²) >= 11 is 0. The fourth-order valence-corrected chi connectivity index (χ4v) is 2.20. The number of halogens is 2. The van der Waals surface area contributed by atoms with Gasteiger partial charge in [0.2, 0.25) is 0 Å². The number of piperidine rings is 1. The maximum atomic E-state index is 13.0. The fraction of sp³-hybridized carbons (Fsp3) is 1.00. The molecule has 0 saturated carbocycles. The topological polar surface area (TPSA) is 24.1 Å². The summed E-state index contributed by atoms with van der Waals surface area (Å²) in [5.74, 6) is -2.45. The fourth-order valence-electron chi connectivity index (χ4n) is 2.20. The molecular formula is C8H14F2N2. The van der Waals surface area contributed by atoms with Crippen molar-refractivity contribution in [3.8, 4) is 0 Å². The zero-order valence-electron chi connectivity index (χ0n) is 7.00. The van der Waals surface area contributed by atoms with Gasteiger partial charge in [-0.05, 0) is 13.0 Å². The van der Waals surface area contributed by atoms with Crippen LogP contribution in [-0.4, -0.2) is 31.1 Å². The Hall–Kier alpha value is -0.220. The van der Waals surface area contributed by atoms with Crippen LogP contribution in [0, 0.1) is 0 Å². The van der Waals surface area contributed by atoms with Crippen molar-refractivity contribution in [2.24, 2.45) is 0 Å². The lowest BCUT2D eigenvalue weighted by Crippen LogP contribution is -2.55. The highest BCUT2D eigenvalue weighted by Gasteiger charge is 2.46. The molecule has 2 N–H and O–H groups in total. The van der Waals surface area contributed by atoms with E-state index >= 15 is 0 Å². The molecule has 2 rings (SSSR count). The zero-order valence-corrected chi connectivity index (χ0v) is 7.00. The molecule has 70 valence electrons. The minimum absolute atomic E-state index is 0.00521. The van der Waals surface area contributed by atoms with Crippen LogP contribution in [0.3, 0.4) is 0 Å². The molecule has 12 heavy (non-hydrogen) atoms. The van der Waals surface area contributed by atoms with Gasteiger partial charge in [0.1, 0.15) is 0 Å². The highest BCUT2D eigenvalue weighted by molar-refractivity contribution is 5.02. The lowest BCUT2D eigenvalue weighted by molar-refractivity contribution is -0.0593. The molecule has 0 aromatic carbocycles. The summed E-state index contributed by atoms with van der Waals surface area (Å²) in [6.45, 7) is 2.01. The number of hydrogen-bond donors (Lipinski definition) is 2. The third kappa shape index (κ3) is 1.45. The van der Waals surface area contributed by atoms with Crippen molar-refractivity contribution in [1.82, 2.24) is 10.6 Å². The van der Waals surface area contributed by atoms with Crippen molar-refractivity contribution in [2.45, 2.75) is 30.7 Å². The average Bonchev–Trinajstić information content (AvgIpc) is 2.34. The summed E-state index contributed by atoms with van der Waals surface area (Å²) < 4.78 is 26.1. The quantitative estimate of drug-likeness (QED) is 0.568. The molecule has 1 spiro atoms. The maximum absolute atomic E-state index is 13.0. The van der Waals surface area contributed by atoms with E-state index in [2.05, 4.69) is 10.6 Å². The second-order valence-corrected chi connectivity index (χ2v) is 3.92. The van der Waals surface area contributed by atoms with Gasteiger partial charge in [-0.2, -0.15) is 0 Å². The lowest BCUT2D eigenvalue weighted by Gasteiger charge is -2.38. The summed E-state index contributed by atoms with van der Waals surface area (Å²) in [5, 5.41) is 6.33. The first kappa shape index (κ1) is 8.38. The van der Waals surface area contributed by atoms with Gasteiger partial charge in [-0.15, -0.1) is 0 Å². The van der Waals surface area contributed by atoms with Crippen molar-refractivity contribution >= 4 is 0 Å². The molecule has 2 aliphatic heterocycles. The van der Waals surface area contributed by atoms with Gasteiger partial charge in [-0.3, -0.25) is 0 Å². The van der Waals surface area contributed by atoms with Crippen molar-refractivity contribution in [3.63, 3.8) is 0 Å². The van der Waals surface area contributed by atoms with Crippen molar-refractivity contribution < 1.29 is 8.78 Å². The van der Waals surface area contributed by atoms with Crippen molar-refractivity contribution in [2.75, 3.05) is 19.6 Å². The molecule has 1 atom stereocenters. The molecule has 0 bridgehead atoms. The van der Waals surface area contributed by atoms with Crippen LogP contribution in [-0.2, 0) is 0 Å². The molecule has 1 unspecified atom stereocenters. The van der Waals surface area contributed by atoms with Crippen LogP contribution in [0.5, 0.6) is 0 Å². The monoisotopic (exact) mass is 176 g/mol. The Kier molecular flexibility index (Phi) is 1.84. The molecular weight excluding hydrogens is 162 g/mol. The molecule has 0 aromatic heterocycles. The molecule has 2 nitrogen and oxygen atoms in total. The van der Waals surface area contributed by atoms with Crippen LogP contribution in [0.2, 0.25) is 0 Å². The molecule has 2 aliphatic rings. The van der Waals surface area contributed by atoms with Gasteiger partial charge in [-0.1, -0.05) is 0 Å². The Morgan fingerprint density at radius 3 is 2.50 bits per heavy atom. The minimum Gasteiger partial charge on any atom is -0.315 e. The van der Waals surface area contributed by atoms with Crippen LogP contribution in [0.25, 0.3) is 0 Å². The van der Waals surface area contributed by atoms with Crippen molar-refractivity contribution in [1.29, 1.82) is 0 Å². The van der Waals surface area contributed by atoms with Gasteiger partial charge < -0.3 is 10.6 Å². The first-order valence-corrected chi connectivity index (χ1v) is 4.46. The van der Waals surface area contributed by atoms with Crippen LogP contribution >= 0.6 is 0 Å². The number of alkyl halides is 2. The van der Waals surface area contributed by atoms with E-state index in [0.717, 1.165) is 13.0 Å². The number of nitrogens with one attached hydrogen (secondary N) is 2. The van der Waals surface area contributed by atoms with Crippen LogP contribution < -0.4 is 10.6 Å². The molecule has 0 aromatic rings. The molecule has 2 fully saturated rings. The van der Waals surface area contributed by atoms with E-state index in [4.69, 9.17) is 0 Å². The van der Waals surface area contributed by atoms with Gasteiger partial charge in [-0.25, -0.2) is 8.78 Å². The second-order valence-electron chi connectivity index (χ2n) is 3.92. The second kappa shape index (κ2) is 2.64. The summed E-state index contributed by atoms with van der Waals surface area (Å²) in [4.78, 5) is 0. The molecule has 2 heterocycles. The van der Waals surface area contributed by atoms with E-state index < -0.39 is 5.92 Å². The molecule has 4 heteroatoms. The van der Waals surface area contributed by atoms with Gasteiger partial charge >= 0.3 is 0 Å². The Morgan fingerprint density at radius 1 is 1.08 bits per heavy atom. The van der Waals surface area contributed by atoms with Gasteiger partial charge in [0.25, 0.3) is 5.92 Å². The molecule has 0 aliphatic carbocycles. The smallest absolute Gasteiger partial charge is 0.251 e. The minimum atomic E-state index is -2.45. The zero-order chi connectivity index (χ0) is 8.66. The third-order valence-electron chi connectivity index (χ3n) is 2.83. The van der Waals surface area contributed by atoms with Gasteiger partial charge in [0, 0.05) is 31.5 Å². The largest absolute Gasteiger partial charge is 0.315 e. The summed E-state index contributed by atoms with van der Waals surface area (Å²) in [7, 11) is 0. The van der Waals surface area contributed by atoms with Crippen LogP contribution in [0.1, 0.15) is 19.3 Å². The Balaban J connectivity index is 2.07. The molecule has 2 saturated heterocycles.